The summed E-state index contributed by atoms with van der Waals surface area (Å²) >= 11 is 5.08. The van der Waals surface area contributed by atoms with Crippen molar-refractivity contribution >= 4 is 35.0 Å². The molecule has 0 unspecified atom stereocenters. The van der Waals surface area contributed by atoms with Crippen LogP contribution in [0.15, 0.2) is 48.5 Å². The van der Waals surface area contributed by atoms with Gasteiger partial charge in [0.25, 0.3) is 5.91 Å². The van der Waals surface area contributed by atoms with Gasteiger partial charge in [0, 0.05) is 0 Å². The van der Waals surface area contributed by atoms with E-state index < -0.39 is 23.3 Å². The Balaban J connectivity index is 1.75. The molecule has 140 valence electrons. The van der Waals surface area contributed by atoms with E-state index in [4.69, 9.17) is 17.0 Å². The van der Waals surface area contributed by atoms with Gasteiger partial charge in [0.1, 0.15) is 17.1 Å². The molecule has 2 aromatic carbocycles. The molecule has 0 spiro atoms. The molecule has 3 N–H and O–H groups in total. The molecule has 1 heterocycles. The Labute approximate surface area is 160 Å². The first-order valence-electron chi connectivity index (χ1n) is 7.98. The van der Waals surface area contributed by atoms with Crippen LogP contribution >= 0.6 is 12.2 Å². The fraction of sp³-hybridized carbons (Fsp3) is 0.167. The first kappa shape index (κ1) is 18.6. The molecule has 7 nitrogen and oxygen atoms in total. The van der Waals surface area contributed by atoms with Crippen LogP contribution in [-0.2, 0) is 10.3 Å². The van der Waals surface area contributed by atoms with Crippen LogP contribution in [0.2, 0.25) is 0 Å². The molecule has 1 saturated heterocycles. The van der Waals surface area contributed by atoms with Crippen LogP contribution in [0.4, 0.5) is 14.9 Å². The number of para-hydroxylation sites is 1. The van der Waals surface area contributed by atoms with E-state index in [9.17, 15) is 14.0 Å². The number of urea groups is 1. The predicted octanol–water partition coefficient (Wildman–Crippen LogP) is 2.50. The molecule has 0 radical (unpaired) electrons. The number of hydrazine groups is 1. The Hall–Kier alpha value is -3.20. The number of benzene rings is 2. The van der Waals surface area contributed by atoms with Crippen LogP contribution < -0.4 is 20.8 Å². The molecule has 3 rings (SSSR count). The second-order valence-electron chi connectivity index (χ2n) is 5.97. The van der Waals surface area contributed by atoms with Crippen molar-refractivity contribution in [2.75, 3.05) is 12.4 Å². The number of nitrogens with zero attached hydrogens (tertiary/aromatic N) is 1. The lowest BCUT2D eigenvalue weighted by molar-refractivity contribution is -0.132. The molecule has 1 atom stereocenters. The molecule has 1 aliphatic heterocycles. The highest BCUT2D eigenvalue weighted by Crippen LogP contribution is 2.29. The van der Waals surface area contributed by atoms with Crippen molar-refractivity contribution in [2.45, 2.75) is 12.5 Å². The average Bonchev–Trinajstić information content (AvgIpc) is 2.88. The maximum absolute atomic E-state index is 13.7. The number of amides is 3. The zero-order chi connectivity index (χ0) is 19.6. The highest BCUT2D eigenvalue weighted by atomic mass is 32.1. The summed E-state index contributed by atoms with van der Waals surface area (Å²) in [6.07, 6.45) is 0. The van der Waals surface area contributed by atoms with Gasteiger partial charge in [0.05, 0.1) is 12.8 Å². The van der Waals surface area contributed by atoms with Crippen LogP contribution in [0.5, 0.6) is 5.75 Å². The second-order valence-corrected chi connectivity index (χ2v) is 6.38. The van der Waals surface area contributed by atoms with Gasteiger partial charge in [-0.1, -0.05) is 24.3 Å². The molecule has 2 aromatic rings. The van der Waals surface area contributed by atoms with Gasteiger partial charge in [-0.2, -0.15) is 5.01 Å². The zero-order valence-electron chi connectivity index (χ0n) is 14.6. The lowest BCUT2D eigenvalue weighted by atomic mass is 9.92. The number of nitrogens with one attached hydrogen (secondary N) is 3. The molecule has 3 amide bonds. The maximum Gasteiger partial charge on any atom is 0.344 e. The van der Waals surface area contributed by atoms with Gasteiger partial charge in [0.15, 0.2) is 5.11 Å². The SMILES string of the molecule is COc1ccc([C@@]2(C)NC(=O)N(NC(=S)Nc3ccccc3F)C2=O)cc1. The summed E-state index contributed by atoms with van der Waals surface area (Å²) < 4.78 is 18.8. The number of rotatable bonds is 4. The lowest BCUT2D eigenvalue weighted by Crippen LogP contribution is -2.49. The largest absolute Gasteiger partial charge is 0.497 e. The number of carbonyl (C=O) groups is 2. The molecule has 9 heteroatoms. The summed E-state index contributed by atoms with van der Waals surface area (Å²) in [5.74, 6) is -0.429. The molecule has 27 heavy (non-hydrogen) atoms. The Kier molecular flexibility index (Phi) is 4.95. The van der Waals surface area contributed by atoms with E-state index in [0.717, 1.165) is 5.01 Å². The number of carbonyl (C=O) groups excluding carboxylic acids is 2. The molecule has 0 saturated carbocycles. The van der Waals surface area contributed by atoms with Gasteiger partial charge < -0.3 is 15.4 Å². The first-order chi connectivity index (χ1) is 12.8. The van der Waals surface area contributed by atoms with E-state index in [1.807, 2.05) is 0 Å². The Morgan fingerprint density at radius 3 is 2.48 bits per heavy atom. The number of ether oxygens (including phenoxy) is 1. The van der Waals surface area contributed by atoms with E-state index in [2.05, 4.69) is 16.1 Å². The van der Waals surface area contributed by atoms with Gasteiger partial charge in [-0.25, -0.2) is 9.18 Å². The van der Waals surface area contributed by atoms with E-state index in [0.29, 0.717) is 11.3 Å². The van der Waals surface area contributed by atoms with Crippen molar-refractivity contribution in [1.29, 1.82) is 0 Å². The highest BCUT2D eigenvalue weighted by Gasteiger charge is 2.49. The zero-order valence-corrected chi connectivity index (χ0v) is 15.4. The number of hydrogen-bond acceptors (Lipinski definition) is 4. The Morgan fingerprint density at radius 1 is 1.19 bits per heavy atom. The van der Waals surface area contributed by atoms with Crippen LogP contribution in [0.3, 0.4) is 0 Å². The van der Waals surface area contributed by atoms with Crippen molar-refractivity contribution in [3.63, 3.8) is 0 Å². The highest BCUT2D eigenvalue weighted by molar-refractivity contribution is 7.80. The molecular formula is C18H17FN4O3S. The average molecular weight is 388 g/mol. The third kappa shape index (κ3) is 3.54. The number of halogens is 1. The minimum Gasteiger partial charge on any atom is -0.497 e. The van der Waals surface area contributed by atoms with Gasteiger partial charge >= 0.3 is 6.03 Å². The number of imide groups is 1. The Bertz CT molecular complexity index is 906. The molecular weight excluding hydrogens is 371 g/mol. The van der Waals surface area contributed by atoms with Gasteiger partial charge in [-0.3, -0.25) is 10.2 Å². The molecule has 1 fully saturated rings. The fourth-order valence-electron chi connectivity index (χ4n) is 2.67. The summed E-state index contributed by atoms with van der Waals surface area (Å²) in [5, 5.41) is 5.92. The van der Waals surface area contributed by atoms with Crippen molar-refractivity contribution in [1.82, 2.24) is 15.8 Å². The minimum atomic E-state index is -1.27. The normalized spacial score (nSPS) is 18.9. The topological polar surface area (TPSA) is 82.7 Å². The summed E-state index contributed by atoms with van der Waals surface area (Å²) in [6, 6.07) is 12.0. The van der Waals surface area contributed by atoms with Crippen molar-refractivity contribution in [3.8, 4) is 5.75 Å². The third-order valence-electron chi connectivity index (χ3n) is 4.19. The van der Waals surface area contributed by atoms with Gasteiger partial charge in [-0.15, -0.1) is 0 Å². The van der Waals surface area contributed by atoms with Crippen molar-refractivity contribution < 1.29 is 18.7 Å². The quantitative estimate of drug-likeness (QED) is 0.552. The molecule has 0 bridgehead atoms. The smallest absolute Gasteiger partial charge is 0.344 e. The summed E-state index contributed by atoms with van der Waals surface area (Å²) in [4.78, 5) is 25.1. The fourth-order valence-corrected chi connectivity index (χ4v) is 2.88. The summed E-state index contributed by atoms with van der Waals surface area (Å²) in [6.45, 7) is 1.59. The van der Waals surface area contributed by atoms with Gasteiger partial charge in [-0.05, 0) is 49.0 Å². The van der Waals surface area contributed by atoms with Crippen molar-refractivity contribution in [2.24, 2.45) is 0 Å². The first-order valence-corrected chi connectivity index (χ1v) is 8.39. The monoisotopic (exact) mass is 388 g/mol. The third-order valence-corrected chi connectivity index (χ3v) is 4.39. The number of methoxy groups -OCH3 is 1. The van der Waals surface area contributed by atoms with Crippen LogP contribution in [0.25, 0.3) is 0 Å². The van der Waals surface area contributed by atoms with E-state index in [-0.39, 0.29) is 10.8 Å². The number of thiocarbonyl (C=S) groups is 1. The predicted molar refractivity (Wildman–Crippen MR) is 101 cm³/mol. The molecule has 1 aliphatic rings. The van der Waals surface area contributed by atoms with Crippen LogP contribution in [0, 0.1) is 5.82 Å². The van der Waals surface area contributed by atoms with E-state index in [1.54, 1.807) is 37.3 Å². The minimum absolute atomic E-state index is 0.0948. The lowest BCUT2D eigenvalue weighted by Gasteiger charge is -2.23. The van der Waals surface area contributed by atoms with E-state index >= 15 is 0 Å². The maximum atomic E-state index is 13.7. The van der Waals surface area contributed by atoms with Gasteiger partial charge in [0.2, 0.25) is 0 Å². The number of anilines is 1. The summed E-state index contributed by atoms with van der Waals surface area (Å²) in [7, 11) is 1.54. The second kappa shape index (κ2) is 7.20. The van der Waals surface area contributed by atoms with Crippen LogP contribution in [-0.4, -0.2) is 29.2 Å². The van der Waals surface area contributed by atoms with Crippen LogP contribution in [0.1, 0.15) is 12.5 Å². The standard InChI is InChI=1S/C18H17FN4O3S/c1-18(11-7-9-12(26-2)10-8-11)15(24)23(17(25)21-18)22-16(27)20-14-6-4-3-5-13(14)19/h3-10H,1-2H3,(H,21,25)(H2,20,22,27)/t18-/m1/s1. The van der Waals surface area contributed by atoms with Crippen molar-refractivity contribution in [3.05, 3.63) is 59.9 Å². The number of hydrogen-bond donors (Lipinski definition) is 3. The Morgan fingerprint density at radius 2 is 1.85 bits per heavy atom. The van der Waals surface area contributed by atoms with E-state index in [1.165, 1.54) is 25.3 Å². The molecule has 0 aromatic heterocycles. The molecule has 0 aliphatic carbocycles. The summed E-state index contributed by atoms with van der Waals surface area (Å²) in [5.41, 5.74) is 1.94.